The molecule has 1 unspecified atom stereocenters. The van der Waals surface area contributed by atoms with Crippen LogP contribution in [0, 0.1) is 5.82 Å². The lowest BCUT2D eigenvalue weighted by Crippen LogP contribution is -2.15. The van der Waals surface area contributed by atoms with Crippen LogP contribution in [0.25, 0.3) is 11.1 Å². The third kappa shape index (κ3) is 3.79. The van der Waals surface area contributed by atoms with Gasteiger partial charge in [-0.1, -0.05) is 41.9 Å². The van der Waals surface area contributed by atoms with Crippen LogP contribution in [-0.2, 0) is 6.42 Å². The SMILES string of the molecule is CC(N)CCc1cccc(-c2ccc(F)c(Cl)c2)c1. The standard InChI is InChI=1S/C16H17ClFN/c1-11(19)5-6-12-3-2-4-13(9-12)14-7-8-16(18)15(17)10-14/h2-4,7-11H,5-6,19H2,1H3. The maximum absolute atomic E-state index is 13.2. The lowest BCUT2D eigenvalue weighted by atomic mass is 10.00. The van der Waals surface area contributed by atoms with E-state index in [9.17, 15) is 4.39 Å². The molecule has 0 bridgehead atoms. The molecule has 3 heteroatoms. The van der Waals surface area contributed by atoms with Gasteiger partial charge in [-0.2, -0.15) is 0 Å². The van der Waals surface area contributed by atoms with Crippen LogP contribution < -0.4 is 5.73 Å². The van der Waals surface area contributed by atoms with Crippen molar-refractivity contribution in [2.75, 3.05) is 0 Å². The Kier molecular flexibility index (Phi) is 4.56. The van der Waals surface area contributed by atoms with Crippen LogP contribution in [0.15, 0.2) is 42.5 Å². The third-order valence-corrected chi connectivity index (χ3v) is 3.36. The number of nitrogens with two attached hydrogens (primary N) is 1. The highest BCUT2D eigenvalue weighted by atomic mass is 35.5. The van der Waals surface area contributed by atoms with Gasteiger partial charge < -0.3 is 5.73 Å². The van der Waals surface area contributed by atoms with E-state index in [4.69, 9.17) is 17.3 Å². The molecule has 0 amide bonds. The minimum Gasteiger partial charge on any atom is -0.328 e. The molecule has 2 N–H and O–H groups in total. The number of hydrogen-bond donors (Lipinski definition) is 1. The molecule has 19 heavy (non-hydrogen) atoms. The maximum Gasteiger partial charge on any atom is 0.141 e. The van der Waals surface area contributed by atoms with Gasteiger partial charge in [-0.25, -0.2) is 4.39 Å². The molecule has 2 rings (SSSR count). The molecule has 1 nitrogen and oxygen atoms in total. The molecule has 1 atom stereocenters. The molecule has 0 spiro atoms. The van der Waals surface area contributed by atoms with Gasteiger partial charge in [-0.05, 0) is 48.6 Å². The normalized spacial score (nSPS) is 12.4. The molecule has 0 fully saturated rings. The summed E-state index contributed by atoms with van der Waals surface area (Å²) in [4.78, 5) is 0. The number of halogens is 2. The second kappa shape index (κ2) is 6.18. The molecule has 0 aliphatic carbocycles. The molecule has 2 aromatic rings. The highest BCUT2D eigenvalue weighted by Crippen LogP contribution is 2.25. The van der Waals surface area contributed by atoms with Crippen molar-refractivity contribution < 1.29 is 4.39 Å². The predicted octanol–water partition coefficient (Wildman–Crippen LogP) is 4.43. The Morgan fingerprint density at radius 3 is 2.58 bits per heavy atom. The number of benzene rings is 2. The first kappa shape index (κ1) is 14.0. The van der Waals surface area contributed by atoms with Gasteiger partial charge in [-0.3, -0.25) is 0 Å². The summed E-state index contributed by atoms with van der Waals surface area (Å²) in [6.07, 6.45) is 1.90. The molecule has 0 saturated heterocycles. The van der Waals surface area contributed by atoms with Crippen LogP contribution in [0.4, 0.5) is 4.39 Å². The second-order valence-corrected chi connectivity index (χ2v) is 5.25. The van der Waals surface area contributed by atoms with Crippen molar-refractivity contribution in [3.63, 3.8) is 0 Å². The Morgan fingerprint density at radius 2 is 1.89 bits per heavy atom. The average Bonchev–Trinajstić information content (AvgIpc) is 2.40. The Balaban J connectivity index is 2.24. The largest absolute Gasteiger partial charge is 0.328 e. The van der Waals surface area contributed by atoms with E-state index in [2.05, 4.69) is 12.1 Å². The van der Waals surface area contributed by atoms with Crippen molar-refractivity contribution >= 4 is 11.6 Å². The van der Waals surface area contributed by atoms with Crippen molar-refractivity contribution in [3.8, 4) is 11.1 Å². The number of aryl methyl sites for hydroxylation is 1. The van der Waals surface area contributed by atoms with Gasteiger partial charge in [0.15, 0.2) is 0 Å². The van der Waals surface area contributed by atoms with Crippen LogP contribution in [0.2, 0.25) is 5.02 Å². The van der Waals surface area contributed by atoms with Gasteiger partial charge in [0.25, 0.3) is 0 Å². The van der Waals surface area contributed by atoms with E-state index >= 15 is 0 Å². The number of rotatable bonds is 4. The third-order valence-electron chi connectivity index (χ3n) is 3.07. The van der Waals surface area contributed by atoms with Crippen LogP contribution in [0.5, 0.6) is 0 Å². The second-order valence-electron chi connectivity index (χ2n) is 4.85. The summed E-state index contributed by atoms with van der Waals surface area (Å²) in [7, 11) is 0. The van der Waals surface area contributed by atoms with E-state index in [1.54, 1.807) is 12.1 Å². The monoisotopic (exact) mass is 277 g/mol. The predicted molar refractivity (Wildman–Crippen MR) is 78.8 cm³/mol. The van der Waals surface area contributed by atoms with Gasteiger partial charge in [0.2, 0.25) is 0 Å². The first-order valence-electron chi connectivity index (χ1n) is 6.36. The molecule has 0 aliphatic heterocycles. The number of hydrogen-bond acceptors (Lipinski definition) is 1. The summed E-state index contributed by atoms with van der Waals surface area (Å²) in [5.74, 6) is -0.390. The van der Waals surface area contributed by atoms with Crippen molar-refractivity contribution in [3.05, 3.63) is 58.9 Å². The zero-order chi connectivity index (χ0) is 13.8. The van der Waals surface area contributed by atoms with Crippen LogP contribution in [-0.4, -0.2) is 6.04 Å². The Hall–Kier alpha value is -1.38. The van der Waals surface area contributed by atoms with E-state index in [-0.39, 0.29) is 11.1 Å². The summed E-state index contributed by atoms with van der Waals surface area (Å²) < 4.78 is 13.2. The molecule has 0 aliphatic rings. The summed E-state index contributed by atoms with van der Waals surface area (Å²) in [6.45, 7) is 2.00. The van der Waals surface area contributed by atoms with Crippen molar-refractivity contribution in [1.82, 2.24) is 0 Å². The molecule has 0 aromatic heterocycles. The summed E-state index contributed by atoms with van der Waals surface area (Å²) in [6, 6.07) is 13.2. The quantitative estimate of drug-likeness (QED) is 0.879. The summed E-state index contributed by atoms with van der Waals surface area (Å²) in [5, 5.41) is 0.151. The maximum atomic E-state index is 13.2. The van der Waals surface area contributed by atoms with Crippen LogP contribution in [0.3, 0.4) is 0 Å². The lowest BCUT2D eigenvalue weighted by molar-refractivity contribution is 0.628. The zero-order valence-electron chi connectivity index (χ0n) is 10.9. The first-order valence-corrected chi connectivity index (χ1v) is 6.74. The van der Waals surface area contributed by atoms with Gasteiger partial charge in [0.05, 0.1) is 5.02 Å². The van der Waals surface area contributed by atoms with Crippen molar-refractivity contribution in [2.45, 2.75) is 25.8 Å². The fourth-order valence-electron chi connectivity index (χ4n) is 1.98. The van der Waals surface area contributed by atoms with E-state index in [0.29, 0.717) is 0 Å². The smallest absolute Gasteiger partial charge is 0.141 e. The Morgan fingerprint density at radius 1 is 1.16 bits per heavy atom. The highest BCUT2D eigenvalue weighted by molar-refractivity contribution is 6.31. The van der Waals surface area contributed by atoms with Crippen LogP contribution in [0.1, 0.15) is 18.9 Å². The average molecular weight is 278 g/mol. The molecule has 0 saturated carbocycles. The van der Waals surface area contributed by atoms with Gasteiger partial charge in [-0.15, -0.1) is 0 Å². The topological polar surface area (TPSA) is 26.0 Å². The van der Waals surface area contributed by atoms with Crippen molar-refractivity contribution in [1.29, 1.82) is 0 Å². The fourth-order valence-corrected chi connectivity index (χ4v) is 2.16. The zero-order valence-corrected chi connectivity index (χ0v) is 11.6. The summed E-state index contributed by atoms with van der Waals surface area (Å²) >= 11 is 5.81. The molecular formula is C16H17ClFN. The molecule has 100 valence electrons. The van der Waals surface area contributed by atoms with Gasteiger partial charge in [0.1, 0.15) is 5.82 Å². The first-order chi connectivity index (χ1) is 9.06. The molecular weight excluding hydrogens is 261 g/mol. The Labute approximate surface area is 118 Å². The van der Waals surface area contributed by atoms with Crippen molar-refractivity contribution in [2.24, 2.45) is 5.73 Å². The lowest BCUT2D eigenvalue weighted by Gasteiger charge is -2.08. The van der Waals surface area contributed by atoms with Gasteiger partial charge in [0, 0.05) is 6.04 Å². The molecule has 2 aromatic carbocycles. The van der Waals surface area contributed by atoms with Gasteiger partial charge >= 0.3 is 0 Å². The molecule has 0 radical (unpaired) electrons. The van der Waals surface area contributed by atoms with E-state index < -0.39 is 5.82 Å². The minimum absolute atomic E-state index is 0.151. The minimum atomic E-state index is -0.390. The van der Waals surface area contributed by atoms with E-state index in [0.717, 1.165) is 24.0 Å². The molecule has 0 heterocycles. The van der Waals surface area contributed by atoms with E-state index in [1.165, 1.54) is 11.6 Å². The van der Waals surface area contributed by atoms with Crippen LogP contribution >= 0.6 is 11.6 Å². The fraction of sp³-hybridized carbons (Fsp3) is 0.250. The Bertz CT molecular complexity index is 566. The van der Waals surface area contributed by atoms with E-state index in [1.807, 2.05) is 19.1 Å². The highest BCUT2D eigenvalue weighted by Gasteiger charge is 2.04. The summed E-state index contributed by atoms with van der Waals surface area (Å²) in [5.41, 5.74) is 8.97.